The number of rotatable bonds is 5. The smallest absolute Gasteiger partial charge is 0.320 e. The van der Waals surface area contributed by atoms with Crippen molar-refractivity contribution < 1.29 is 14.6 Å². The van der Waals surface area contributed by atoms with Gasteiger partial charge in [0.2, 0.25) is 0 Å². The zero-order chi connectivity index (χ0) is 12.3. The summed E-state index contributed by atoms with van der Waals surface area (Å²) in [6.45, 7) is 3.03. The predicted octanol–water partition coefficient (Wildman–Crippen LogP) is 1.32. The van der Waals surface area contributed by atoms with Crippen molar-refractivity contribution in [2.24, 2.45) is 0 Å². The molecule has 0 spiro atoms. The zero-order valence-electron chi connectivity index (χ0n) is 10.6. The van der Waals surface area contributed by atoms with Gasteiger partial charge in [0.15, 0.2) is 0 Å². The molecule has 98 valence electrons. The molecule has 0 aromatic heterocycles. The molecule has 4 nitrogen and oxygen atoms in total. The third-order valence-corrected chi connectivity index (χ3v) is 3.93. The molecule has 0 aromatic rings. The van der Waals surface area contributed by atoms with Crippen LogP contribution in [0.4, 0.5) is 0 Å². The Kier molecular flexibility index (Phi) is 4.40. The number of aliphatic hydroxyl groups excluding tert-OH is 1. The van der Waals surface area contributed by atoms with Crippen LogP contribution < -0.4 is 0 Å². The van der Waals surface area contributed by atoms with Gasteiger partial charge in [-0.25, -0.2) is 0 Å². The van der Waals surface area contributed by atoms with Gasteiger partial charge < -0.3 is 9.84 Å². The molecule has 2 bridgehead atoms. The lowest BCUT2D eigenvalue weighted by atomic mass is 10.00. The summed E-state index contributed by atoms with van der Waals surface area (Å²) in [5.74, 6) is -0.105. The van der Waals surface area contributed by atoms with Crippen LogP contribution in [0.3, 0.4) is 0 Å². The molecule has 0 aromatic carbocycles. The normalized spacial score (nSPS) is 32.7. The van der Waals surface area contributed by atoms with Crippen LogP contribution in [0.15, 0.2) is 0 Å². The zero-order valence-corrected chi connectivity index (χ0v) is 10.6. The number of carbonyl (C=O) groups excluding carboxylic acids is 1. The van der Waals surface area contributed by atoms with Crippen LogP contribution >= 0.6 is 0 Å². The highest BCUT2D eigenvalue weighted by molar-refractivity contribution is 5.71. The molecule has 2 saturated heterocycles. The molecule has 0 amide bonds. The molecule has 2 aliphatic heterocycles. The van der Waals surface area contributed by atoms with Crippen molar-refractivity contribution >= 4 is 5.97 Å². The molecule has 2 heterocycles. The summed E-state index contributed by atoms with van der Waals surface area (Å²) in [6, 6.07) is 0.782. The van der Waals surface area contributed by atoms with Crippen LogP contribution in [-0.4, -0.2) is 47.3 Å². The second kappa shape index (κ2) is 5.83. The van der Waals surface area contributed by atoms with Gasteiger partial charge in [-0.2, -0.15) is 0 Å². The Morgan fingerprint density at radius 2 is 2.00 bits per heavy atom. The van der Waals surface area contributed by atoms with E-state index in [4.69, 9.17) is 4.74 Å². The van der Waals surface area contributed by atoms with Crippen LogP contribution in [0.25, 0.3) is 0 Å². The first-order chi connectivity index (χ1) is 8.20. The largest absolute Gasteiger partial charge is 0.465 e. The van der Waals surface area contributed by atoms with E-state index in [1.807, 2.05) is 0 Å². The highest BCUT2D eigenvalue weighted by Crippen LogP contribution is 2.35. The van der Waals surface area contributed by atoms with Gasteiger partial charge in [0.1, 0.15) is 0 Å². The van der Waals surface area contributed by atoms with Gasteiger partial charge in [-0.1, -0.05) is 13.3 Å². The van der Waals surface area contributed by atoms with Gasteiger partial charge in [-0.05, 0) is 32.1 Å². The van der Waals surface area contributed by atoms with Crippen LogP contribution in [0, 0.1) is 0 Å². The minimum Gasteiger partial charge on any atom is -0.465 e. The van der Waals surface area contributed by atoms with Gasteiger partial charge in [0.25, 0.3) is 0 Å². The Morgan fingerprint density at radius 1 is 1.35 bits per heavy atom. The number of esters is 1. The van der Waals surface area contributed by atoms with Crippen LogP contribution in [0.1, 0.15) is 45.4 Å². The first-order valence-corrected chi connectivity index (χ1v) is 6.80. The van der Waals surface area contributed by atoms with E-state index in [0.29, 0.717) is 25.2 Å². The Hall–Kier alpha value is -0.610. The molecule has 1 N–H and O–H groups in total. The van der Waals surface area contributed by atoms with Gasteiger partial charge in [0, 0.05) is 12.1 Å². The summed E-state index contributed by atoms with van der Waals surface area (Å²) in [5.41, 5.74) is 0. The Morgan fingerprint density at radius 3 is 2.59 bits per heavy atom. The van der Waals surface area contributed by atoms with Crippen molar-refractivity contribution in [2.45, 2.75) is 63.6 Å². The van der Waals surface area contributed by atoms with E-state index in [2.05, 4.69) is 11.8 Å². The van der Waals surface area contributed by atoms with Crippen LogP contribution in [0.5, 0.6) is 0 Å². The summed E-state index contributed by atoms with van der Waals surface area (Å²) in [4.78, 5) is 13.9. The predicted molar refractivity (Wildman–Crippen MR) is 64.6 cm³/mol. The van der Waals surface area contributed by atoms with E-state index in [1.165, 1.54) is 0 Å². The molecule has 2 unspecified atom stereocenters. The average molecular weight is 241 g/mol. The molecular weight excluding hydrogens is 218 g/mol. The van der Waals surface area contributed by atoms with Gasteiger partial charge in [0.05, 0.1) is 19.3 Å². The van der Waals surface area contributed by atoms with Crippen LogP contribution in [0.2, 0.25) is 0 Å². The number of piperidine rings is 1. The van der Waals surface area contributed by atoms with Crippen LogP contribution in [-0.2, 0) is 9.53 Å². The van der Waals surface area contributed by atoms with E-state index in [0.717, 1.165) is 38.5 Å². The lowest BCUT2D eigenvalue weighted by molar-refractivity contribution is -0.146. The number of hydrogen-bond acceptors (Lipinski definition) is 4. The fraction of sp³-hybridized carbons (Fsp3) is 0.923. The monoisotopic (exact) mass is 241 g/mol. The standard InChI is InChI=1S/C13H23NO3/c1-2-3-6-17-13(16)9-14-10-4-5-11(14)8-12(15)7-10/h10-12,15H,2-9H2,1H3. The van der Waals surface area contributed by atoms with Gasteiger partial charge in [-0.3, -0.25) is 9.69 Å². The third-order valence-electron chi connectivity index (χ3n) is 3.93. The highest BCUT2D eigenvalue weighted by Gasteiger charge is 2.40. The van der Waals surface area contributed by atoms with Gasteiger partial charge in [-0.15, -0.1) is 0 Å². The van der Waals surface area contributed by atoms with E-state index in [1.54, 1.807) is 0 Å². The summed E-state index contributed by atoms with van der Waals surface area (Å²) in [7, 11) is 0. The molecule has 2 aliphatic rings. The number of fused-ring (bicyclic) bond motifs is 2. The second-order valence-electron chi connectivity index (χ2n) is 5.26. The molecule has 0 aliphatic carbocycles. The number of unbranched alkanes of at least 4 members (excludes halogenated alkanes) is 1. The van der Waals surface area contributed by atoms with Crippen molar-refractivity contribution in [3.8, 4) is 0 Å². The molecular formula is C13H23NO3. The minimum absolute atomic E-state index is 0.105. The molecule has 0 saturated carbocycles. The summed E-state index contributed by atoms with van der Waals surface area (Å²) < 4.78 is 5.19. The number of ether oxygens (including phenoxy) is 1. The van der Waals surface area contributed by atoms with Crippen molar-refractivity contribution in [1.29, 1.82) is 0 Å². The van der Waals surface area contributed by atoms with E-state index in [9.17, 15) is 9.90 Å². The maximum absolute atomic E-state index is 11.7. The van der Waals surface area contributed by atoms with Crippen molar-refractivity contribution in [1.82, 2.24) is 4.90 Å². The van der Waals surface area contributed by atoms with Crippen molar-refractivity contribution in [3.63, 3.8) is 0 Å². The first kappa shape index (κ1) is 12.8. The van der Waals surface area contributed by atoms with Crippen molar-refractivity contribution in [2.75, 3.05) is 13.2 Å². The molecule has 17 heavy (non-hydrogen) atoms. The minimum atomic E-state index is -0.167. The summed E-state index contributed by atoms with van der Waals surface area (Å²) in [6.07, 6.45) is 5.69. The maximum Gasteiger partial charge on any atom is 0.320 e. The SMILES string of the molecule is CCCCOC(=O)CN1C2CCC1CC(O)C2. The molecule has 0 radical (unpaired) electrons. The molecule has 2 fully saturated rings. The van der Waals surface area contributed by atoms with E-state index >= 15 is 0 Å². The van der Waals surface area contributed by atoms with Crippen molar-refractivity contribution in [3.05, 3.63) is 0 Å². The Balaban J connectivity index is 1.77. The van der Waals surface area contributed by atoms with E-state index in [-0.39, 0.29) is 12.1 Å². The number of aliphatic hydroxyl groups is 1. The third kappa shape index (κ3) is 3.19. The summed E-state index contributed by atoms with van der Waals surface area (Å²) >= 11 is 0. The number of nitrogens with zero attached hydrogens (tertiary/aromatic N) is 1. The fourth-order valence-electron chi connectivity index (χ4n) is 3.03. The lowest BCUT2D eigenvalue weighted by Crippen LogP contribution is -2.47. The fourth-order valence-corrected chi connectivity index (χ4v) is 3.03. The maximum atomic E-state index is 11.7. The van der Waals surface area contributed by atoms with E-state index < -0.39 is 0 Å². The molecule has 4 heteroatoms. The average Bonchev–Trinajstić information content (AvgIpc) is 2.53. The summed E-state index contributed by atoms with van der Waals surface area (Å²) in [5, 5.41) is 9.67. The topological polar surface area (TPSA) is 49.8 Å². The molecule has 2 rings (SSSR count). The lowest BCUT2D eigenvalue weighted by Gasteiger charge is -2.36. The van der Waals surface area contributed by atoms with Gasteiger partial charge >= 0.3 is 5.97 Å². The number of hydrogen-bond donors (Lipinski definition) is 1. The second-order valence-corrected chi connectivity index (χ2v) is 5.26. The number of carbonyl (C=O) groups is 1. The molecule has 2 atom stereocenters. The highest BCUT2D eigenvalue weighted by atomic mass is 16.5. The Bertz CT molecular complexity index is 255. The Labute approximate surface area is 103 Å². The quantitative estimate of drug-likeness (QED) is 0.582. The first-order valence-electron chi connectivity index (χ1n) is 6.80.